The van der Waals surface area contributed by atoms with Crippen LogP contribution < -0.4 is 10.2 Å². The van der Waals surface area contributed by atoms with Crippen molar-refractivity contribution < 1.29 is 18.8 Å². The van der Waals surface area contributed by atoms with Gasteiger partial charge in [0, 0.05) is 10.6 Å². The van der Waals surface area contributed by atoms with E-state index in [0.29, 0.717) is 12.1 Å². The van der Waals surface area contributed by atoms with Gasteiger partial charge in [0.05, 0.1) is 6.54 Å². The minimum absolute atomic E-state index is 0.275. The second kappa shape index (κ2) is 7.48. The second-order valence-corrected chi connectivity index (χ2v) is 7.58. The third kappa shape index (κ3) is 3.85. The van der Waals surface area contributed by atoms with Gasteiger partial charge in [0.2, 0.25) is 5.91 Å². The largest absolute Gasteiger partial charge is 0.325 e. The minimum atomic E-state index is -0.994. The lowest BCUT2D eigenvalue weighted by Crippen LogP contribution is -2.45. The SMILES string of the molecule is CCC1(C)NC(=O)N(CC(=O)N(Cc2cccs2)c2ccc(F)cc2)C1=O. The number of nitrogens with zero attached hydrogens (tertiary/aromatic N) is 2. The Morgan fingerprint density at radius 3 is 2.52 bits per heavy atom. The summed E-state index contributed by atoms with van der Waals surface area (Å²) in [6, 6.07) is 8.73. The fraction of sp³-hybridized carbons (Fsp3) is 0.316. The van der Waals surface area contributed by atoms with Crippen LogP contribution in [0.5, 0.6) is 0 Å². The van der Waals surface area contributed by atoms with Crippen molar-refractivity contribution in [3.8, 4) is 0 Å². The molecule has 2 heterocycles. The summed E-state index contributed by atoms with van der Waals surface area (Å²) in [7, 11) is 0. The number of rotatable bonds is 6. The van der Waals surface area contributed by atoms with Gasteiger partial charge in [-0.1, -0.05) is 13.0 Å². The Kier molecular flexibility index (Phi) is 5.27. The molecular formula is C19H20FN3O3S. The number of urea groups is 1. The molecule has 2 aromatic rings. The molecule has 0 spiro atoms. The van der Waals surface area contributed by atoms with Crippen LogP contribution >= 0.6 is 11.3 Å². The van der Waals surface area contributed by atoms with E-state index in [4.69, 9.17) is 0 Å². The Balaban J connectivity index is 1.84. The highest BCUT2D eigenvalue weighted by Gasteiger charge is 2.47. The lowest BCUT2D eigenvalue weighted by molar-refractivity contribution is -0.134. The summed E-state index contributed by atoms with van der Waals surface area (Å²) in [6.45, 7) is 3.34. The van der Waals surface area contributed by atoms with Crippen molar-refractivity contribution in [2.24, 2.45) is 0 Å². The first-order chi connectivity index (χ1) is 12.8. The molecule has 1 aliphatic rings. The standard InChI is InChI=1S/C19H20FN3O3S/c1-3-19(2)17(25)23(18(26)21-19)12-16(24)22(11-15-5-4-10-27-15)14-8-6-13(20)7-9-14/h4-10H,3,11-12H2,1-2H3,(H,21,26). The van der Waals surface area contributed by atoms with Gasteiger partial charge in [-0.3, -0.25) is 14.5 Å². The van der Waals surface area contributed by atoms with Crippen molar-refractivity contribution in [2.45, 2.75) is 32.4 Å². The Morgan fingerprint density at radius 2 is 1.96 bits per heavy atom. The summed E-state index contributed by atoms with van der Waals surface area (Å²) in [4.78, 5) is 41.0. The van der Waals surface area contributed by atoms with Crippen molar-refractivity contribution >= 4 is 34.9 Å². The van der Waals surface area contributed by atoms with Crippen LogP contribution in [0.25, 0.3) is 0 Å². The third-order valence-electron chi connectivity index (χ3n) is 4.68. The fourth-order valence-corrected chi connectivity index (χ4v) is 3.55. The van der Waals surface area contributed by atoms with Crippen LogP contribution in [0, 0.1) is 5.82 Å². The van der Waals surface area contributed by atoms with E-state index in [2.05, 4.69) is 5.32 Å². The molecule has 4 amide bonds. The molecule has 1 aliphatic heterocycles. The van der Waals surface area contributed by atoms with Crippen LogP contribution in [0.15, 0.2) is 41.8 Å². The van der Waals surface area contributed by atoms with E-state index < -0.39 is 29.2 Å². The molecule has 8 heteroatoms. The molecule has 0 bridgehead atoms. The van der Waals surface area contributed by atoms with Crippen molar-refractivity contribution in [1.29, 1.82) is 0 Å². The molecule has 1 fully saturated rings. The summed E-state index contributed by atoms with van der Waals surface area (Å²) in [5, 5.41) is 4.53. The highest BCUT2D eigenvalue weighted by Crippen LogP contribution is 2.24. The number of imide groups is 1. The summed E-state index contributed by atoms with van der Waals surface area (Å²) in [5.41, 5.74) is -0.494. The molecule has 0 aliphatic carbocycles. The van der Waals surface area contributed by atoms with Gasteiger partial charge < -0.3 is 10.2 Å². The highest BCUT2D eigenvalue weighted by atomic mass is 32.1. The Hall–Kier alpha value is -2.74. The first kappa shape index (κ1) is 19.0. The number of carbonyl (C=O) groups is 3. The zero-order valence-electron chi connectivity index (χ0n) is 15.1. The summed E-state index contributed by atoms with van der Waals surface area (Å²) < 4.78 is 13.3. The van der Waals surface area contributed by atoms with E-state index in [1.165, 1.54) is 40.5 Å². The molecule has 1 saturated heterocycles. The molecule has 1 aromatic heterocycles. The monoisotopic (exact) mass is 389 g/mol. The minimum Gasteiger partial charge on any atom is -0.323 e. The molecule has 1 atom stereocenters. The lowest BCUT2D eigenvalue weighted by Gasteiger charge is -2.25. The van der Waals surface area contributed by atoms with Gasteiger partial charge >= 0.3 is 6.03 Å². The predicted molar refractivity (Wildman–Crippen MR) is 101 cm³/mol. The first-order valence-electron chi connectivity index (χ1n) is 8.56. The zero-order chi connectivity index (χ0) is 19.6. The van der Waals surface area contributed by atoms with Crippen LogP contribution in [-0.2, 0) is 16.1 Å². The van der Waals surface area contributed by atoms with E-state index in [9.17, 15) is 18.8 Å². The first-order valence-corrected chi connectivity index (χ1v) is 9.44. The maximum Gasteiger partial charge on any atom is 0.325 e. The van der Waals surface area contributed by atoms with E-state index >= 15 is 0 Å². The van der Waals surface area contributed by atoms with Crippen molar-refractivity contribution in [3.05, 3.63) is 52.5 Å². The molecule has 27 heavy (non-hydrogen) atoms. The molecule has 3 rings (SSSR count). The normalized spacial score (nSPS) is 19.3. The molecule has 0 radical (unpaired) electrons. The fourth-order valence-electron chi connectivity index (χ4n) is 2.85. The Morgan fingerprint density at radius 1 is 1.26 bits per heavy atom. The van der Waals surface area contributed by atoms with Gasteiger partial charge in [0.15, 0.2) is 0 Å². The van der Waals surface area contributed by atoms with E-state index in [1.807, 2.05) is 17.5 Å². The number of benzene rings is 1. The van der Waals surface area contributed by atoms with Crippen LogP contribution in [0.2, 0.25) is 0 Å². The van der Waals surface area contributed by atoms with Gasteiger partial charge in [-0.15, -0.1) is 11.3 Å². The summed E-state index contributed by atoms with van der Waals surface area (Å²) in [6.07, 6.45) is 0.430. The number of halogens is 1. The van der Waals surface area contributed by atoms with Crippen molar-refractivity contribution in [1.82, 2.24) is 10.2 Å². The van der Waals surface area contributed by atoms with Crippen LogP contribution in [-0.4, -0.2) is 34.8 Å². The number of hydrogen-bond acceptors (Lipinski definition) is 4. The van der Waals surface area contributed by atoms with E-state index in [-0.39, 0.29) is 13.1 Å². The number of nitrogens with one attached hydrogen (secondary N) is 1. The topological polar surface area (TPSA) is 69.7 Å². The third-order valence-corrected chi connectivity index (χ3v) is 5.54. The molecule has 6 nitrogen and oxygen atoms in total. The Labute approximate surface area is 160 Å². The molecule has 1 aromatic carbocycles. The summed E-state index contributed by atoms with van der Waals surface area (Å²) >= 11 is 1.49. The molecular weight excluding hydrogens is 369 g/mol. The van der Waals surface area contributed by atoms with Gasteiger partial charge in [0.25, 0.3) is 5.91 Å². The quantitative estimate of drug-likeness (QED) is 0.772. The van der Waals surface area contributed by atoms with Gasteiger partial charge in [0.1, 0.15) is 17.9 Å². The average Bonchev–Trinajstić information content (AvgIpc) is 3.23. The zero-order valence-corrected chi connectivity index (χ0v) is 15.9. The molecule has 0 saturated carbocycles. The maximum absolute atomic E-state index is 13.3. The molecule has 1 N–H and O–H groups in total. The number of carbonyl (C=O) groups excluding carboxylic acids is 3. The van der Waals surface area contributed by atoms with Crippen molar-refractivity contribution in [2.75, 3.05) is 11.4 Å². The molecule has 1 unspecified atom stereocenters. The smallest absolute Gasteiger partial charge is 0.323 e. The number of hydrogen-bond donors (Lipinski definition) is 1. The highest BCUT2D eigenvalue weighted by molar-refractivity contribution is 7.09. The van der Waals surface area contributed by atoms with Crippen LogP contribution in [0.1, 0.15) is 25.1 Å². The van der Waals surface area contributed by atoms with Crippen LogP contribution in [0.4, 0.5) is 14.9 Å². The van der Waals surface area contributed by atoms with Gasteiger partial charge in [-0.25, -0.2) is 9.18 Å². The number of amides is 4. The van der Waals surface area contributed by atoms with Crippen LogP contribution in [0.3, 0.4) is 0 Å². The van der Waals surface area contributed by atoms with E-state index in [0.717, 1.165) is 9.78 Å². The van der Waals surface area contributed by atoms with Crippen molar-refractivity contribution in [3.63, 3.8) is 0 Å². The number of anilines is 1. The van der Waals surface area contributed by atoms with E-state index in [1.54, 1.807) is 13.8 Å². The predicted octanol–water partition coefficient (Wildman–Crippen LogP) is 3.14. The molecule has 142 valence electrons. The summed E-state index contributed by atoms with van der Waals surface area (Å²) in [5.74, 6) is -1.24. The second-order valence-electron chi connectivity index (χ2n) is 6.54. The lowest BCUT2D eigenvalue weighted by atomic mass is 9.99. The number of thiophene rings is 1. The maximum atomic E-state index is 13.3. The van der Waals surface area contributed by atoms with Gasteiger partial charge in [-0.05, 0) is 49.1 Å². The Bertz CT molecular complexity index is 854. The van der Waals surface area contributed by atoms with Gasteiger partial charge in [-0.2, -0.15) is 0 Å². The average molecular weight is 389 g/mol.